The maximum absolute atomic E-state index is 11.6. The zero-order valence-corrected chi connectivity index (χ0v) is 12.0. The van der Waals surface area contributed by atoms with E-state index in [-0.39, 0.29) is 18.4 Å². The summed E-state index contributed by atoms with van der Waals surface area (Å²) in [4.78, 5) is 11.6. The summed E-state index contributed by atoms with van der Waals surface area (Å²) < 4.78 is 4.99. The van der Waals surface area contributed by atoms with E-state index in [1.807, 2.05) is 25.1 Å². The number of hydrogen-bond acceptors (Lipinski definition) is 4. The van der Waals surface area contributed by atoms with Gasteiger partial charge in [-0.2, -0.15) is 0 Å². The van der Waals surface area contributed by atoms with Gasteiger partial charge in [-0.15, -0.1) is 12.4 Å². The van der Waals surface area contributed by atoms with E-state index in [2.05, 4.69) is 10.6 Å². The van der Waals surface area contributed by atoms with Gasteiger partial charge in [0.1, 0.15) is 0 Å². The van der Waals surface area contributed by atoms with Crippen molar-refractivity contribution in [3.05, 3.63) is 29.8 Å². The number of hydrogen-bond donors (Lipinski definition) is 2. The molecule has 0 radical (unpaired) electrons. The second-order valence-electron chi connectivity index (χ2n) is 4.49. The Kier molecular flexibility index (Phi) is 6.67. The highest BCUT2D eigenvalue weighted by atomic mass is 35.5. The van der Waals surface area contributed by atoms with Crippen LogP contribution in [0.5, 0.6) is 0 Å². The predicted molar refractivity (Wildman–Crippen MR) is 79.2 cm³/mol. The van der Waals surface area contributed by atoms with E-state index in [0.29, 0.717) is 18.2 Å². The first kappa shape index (κ1) is 15.8. The molecule has 19 heavy (non-hydrogen) atoms. The molecule has 1 heterocycles. The SMILES string of the molecule is CCOC(=O)c1cccc(NC2CCCNC2)c1.Cl. The van der Waals surface area contributed by atoms with Crippen LogP contribution < -0.4 is 10.6 Å². The number of anilines is 1. The van der Waals surface area contributed by atoms with Crippen molar-refractivity contribution < 1.29 is 9.53 Å². The zero-order valence-electron chi connectivity index (χ0n) is 11.1. The Morgan fingerprint density at radius 2 is 2.37 bits per heavy atom. The molecule has 2 rings (SSSR count). The molecule has 1 saturated heterocycles. The van der Waals surface area contributed by atoms with Gasteiger partial charge in [0, 0.05) is 18.3 Å². The lowest BCUT2D eigenvalue weighted by Gasteiger charge is -2.24. The van der Waals surface area contributed by atoms with Crippen LogP contribution in [0.25, 0.3) is 0 Å². The van der Waals surface area contributed by atoms with E-state index < -0.39 is 0 Å². The minimum absolute atomic E-state index is 0. The summed E-state index contributed by atoms with van der Waals surface area (Å²) in [7, 11) is 0. The van der Waals surface area contributed by atoms with Crippen LogP contribution in [0.3, 0.4) is 0 Å². The van der Waals surface area contributed by atoms with Crippen LogP contribution in [0.1, 0.15) is 30.1 Å². The molecular formula is C14H21ClN2O2. The standard InChI is InChI=1S/C14H20N2O2.ClH/c1-2-18-14(17)11-5-3-6-12(9-11)16-13-7-4-8-15-10-13;/h3,5-6,9,13,15-16H,2,4,7-8,10H2,1H3;1H. The smallest absolute Gasteiger partial charge is 0.338 e. The molecule has 4 nitrogen and oxygen atoms in total. The molecule has 1 aromatic carbocycles. The summed E-state index contributed by atoms with van der Waals surface area (Å²) in [5.74, 6) is -0.261. The largest absolute Gasteiger partial charge is 0.462 e. The van der Waals surface area contributed by atoms with Crippen molar-refractivity contribution in [2.75, 3.05) is 25.0 Å². The van der Waals surface area contributed by atoms with Crippen LogP contribution in [-0.2, 0) is 4.74 Å². The van der Waals surface area contributed by atoms with Crippen molar-refractivity contribution in [3.63, 3.8) is 0 Å². The zero-order chi connectivity index (χ0) is 12.8. The number of piperidine rings is 1. The summed E-state index contributed by atoms with van der Waals surface area (Å²) >= 11 is 0. The van der Waals surface area contributed by atoms with Crippen molar-refractivity contribution in [1.29, 1.82) is 0 Å². The Labute approximate surface area is 120 Å². The molecule has 1 unspecified atom stereocenters. The molecule has 0 spiro atoms. The summed E-state index contributed by atoms with van der Waals surface area (Å²) in [6, 6.07) is 7.94. The van der Waals surface area contributed by atoms with Gasteiger partial charge in [-0.05, 0) is 44.5 Å². The van der Waals surface area contributed by atoms with E-state index in [1.165, 1.54) is 6.42 Å². The Hall–Kier alpha value is -1.26. The Morgan fingerprint density at radius 1 is 1.53 bits per heavy atom. The van der Waals surface area contributed by atoms with E-state index in [9.17, 15) is 4.79 Å². The van der Waals surface area contributed by atoms with Gasteiger partial charge in [0.2, 0.25) is 0 Å². The molecule has 5 heteroatoms. The predicted octanol–water partition coefficient (Wildman–Crippen LogP) is 2.45. The summed E-state index contributed by atoms with van der Waals surface area (Å²) in [6.45, 7) is 4.29. The maximum Gasteiger partial charge on any atom is 0.338 e. The van der Waals surface area contributed by atoms with E-state index in [1.54, 1.807) is 6.07 Å². The number of rotatable bonds is 4. The van der Waals surface area contributed by atoms with Gasteiger partial charge in [-0.3, -0.25) is 0 Å². The minimum Gasteiger partial charge on any atom is -0.462 e. The number of carbonyl (C=O) groups is 1. The average Bonchev–Trinajstić information content (AvgIpc) is 2.40. The first-order chi connectivity index (χ1) is 8.79. The third kappa shape index (κ3) is 4.73. The number of carbonyl (C=O) groups excluding carboxylic acids is 1. The van der Waals surface area contributed by atoms with Gasteiger partial charge in [-0.1, -0.05) is 6.07 Å². The molecule has 0 amide bonds. The number of esters is 1. The molecule has 2 N–H and O–H groups in total. The molecule has 1 fully saturated rings. The van der Waals surface area contributed by atoms with Crippen LogP contribution in [-0.4, -0.2) is 31.7 Å². The molecule has 0 bridgehead atoms. The second kappa shape index (κ2) is 8.02. The Morgan fingerprint density at radius 3 is 3.05 bits per heavy atom. The van der Waals surface area contributed by atoms with Gasteiger partial charge >= 0.3 is 5.97 Å². The molecule has 0 aromatic heterocycles. The molecular weight excluding hydrogens is 264 g/mol. The van der Waals surface area contributed by atoms with Gasteiger partial charge in [-0.25, -0.2) is 4.79 Å². The van der Waals surface area contributed by atoms with Crippen LogP contribution >= 0.6 is 12.4 Å². The van der Waals surface area contributed by atoms with Crippen molar-refractivity contribution in [2.45, 2.75) is 25.8 Å². The third-order valence-electron chi connectivity index (χ3n) is 3.04. The van der Waals surface area contributed by atoms with Gasteiger partial charge < -0.3 is 15.4 Å². The quantitative estimate of drug-likeness (QED) is 0.834. The fourth-order valence-electron chi connectivity index (χ4n) is 2.16. The van der Waals surface area contributed by atoms with Crippen molar-refractivity contribution >= 4 is 24.1 Å². The highest BCUT2D eigenvalue weighted by molar-refractivity contribution is 5.90. The monoisotopic (exact) mass is 284 g/mol. The summed E-state index contributed by atoms with van der Waals surface area (Å²) in [5.41, 5.74) is 1.58. The number of halogens is 1. The van der Waals surface area contributed by atoms with Crippen molar-refractivity contribution in [1.82, 2.24) is 5.32 Å². The number of ether oxygens (including phenoxy) is 1. The highest BCUT2D eigenvalue weighted by Crippen LogP contribution is 2.15. The van der Waals surface area contributed by atoms with Gasteiger partial charge in [0.15, 0.2) is 0 Å². The molecule has 106 valence electrons. The number of benzene rings is 1. The second-order valence-corrected chi connectivity index (χ2v) is 4.49. The lowest BCUT2D eigenvalue weighted by atomic mass is 10.1. The van der Waals surface area contributed by atoms with Crippen molar-refractivity contribution in [2.24, 2.45) is 0 Å². The lowest BCUT2D eigenvalue weighted by Crippen LogP contribution is -2.38. The van der Waals surface area contributed by atoms with Crippen LogP contribution in [0, 0.1) is 0 Å². The summed E-state index contributed by atoms with van der Waals surface area (Å²) in [5, 5.41) is 6.81. The average molecular weight is 285 g/mol. The normalized spacial score (nSPS) is 18.3. The Balaban J connectivity index is 0.00000180. The summed E-state index contributed by atoms with van der Waals surface area (Å²) in [6.07, 6.45) is 2.35. The van der Waals surface area contributed by atoms with Crippen LogP contribution in [0.2, 0.25) is 0 Å². The molecule has 1 aromatic rings. The number of nitrogens with one attached hydrogen (secondary N) is 2. The molecule has 1 aliphatic heterocycles. The lowest BCUT2D eigenvalue weighted by molar-refractivity contribution is 0.0526. The maximum atomic E-state index is 11.6. The van der Waals surface area contributed by atoms with Crippen molar-refractivity contribution in [3.8, 4) is 0 Å². The first-order valence-corrected chi connectivity index (χ1v) is 6.54. The topological polar surface area (TPSA) is 50.4 Å². The minimum atomic E-state index is -0.261. The fourth-order valence-corrected chi connectivity index (χ4v) is 2.16. The van der Waals surface area contributed by atoms with Gasteiger partial charge in [0.05, 0.1) is 12.2 Å². The Bertz CT molecular complexity index is 406. The first-order valence-electron chi connectivity index (χ1n) is 6.54. The van der Waals surface area contributed by atoms with Gasteiger partial charge in [0.25, 0.3) is 0 Å². The van der Waals surface area contributed by atoms with E-state index in [0.717, 1.165) is 25.2 Å². The molecule has 1 atom stereocenters. The van der Waals surface area contributed by atoms with E-state index in [4.69, 9.17) is 4.74 Å². The highest BCUT2D eigenvalue weighted by Gasteiger charge is 2.13. The van der Waals surface area contributed by atoms with Crippen LogP contribution in [0.4, 0.5) is 5.69 Å². The molecule has 0 aliphatic carbocycles. The fraction of sp³-hybridized carbons (Fsp3) is 0.500. The molecule has 0 saturated carbocycles. The van der Waals surface area contributed by atoms with E-state index >= 15 is 0 Å². The van der Waals surface area contributed by atoms with Crippen LogP contribution in [0.15, 0.2) is 24.3 Å². The third-order valence-corrected chi connectivity index (χ3v) is 3.04. The molecule has 1 aliphatic rings.